The van der Waals surface area contributed by atoms with E-state index in [1.165, 1.54) is 0 Å². The summed E-state index contributed by atoms with van der Waals surface area (Å²) in [4.78, 5) is 15.9. The van der Waals surface area contributed by atoms with Gasteiger partial charge in [0.2, 0.25) is 0 Å². The number of aromatic nitrogens is 1. The number of pyridine rings is 1. The summed E-state index contributed by atoms with van der Waals surface area (Å²) in [5.74, 6) is 0.984. The van der Waals surface area contributed by atoms with Crippen molar-refractivity contribution in [2.45, 2.75) is 13.3 Å². The standard InChI is InChI=1S/C17H19N3O3/c1-4-14(13-5-6-15(22-2)16(11-13)23-3)19-20-17(21)12-7-9-18-10-8-12/h5-11H,4H2,1-3H3,(H,20,21). The van der Waals surface area contributed by atoms with Crippen molar-refractivity contribution in [2.75, 3.05) is 14.2 Å². The number of methoxy groups -OCH3 is 2. The van der Waals surface area contributed by atoms with Gasteiger partial charge in [0.15, 0.2) is 11.5 Å². The Morgan fingerprint density at radius 3 is 2.39 bits per heavy atom. The zero-order chi connectivity index (χ0) is 16.7. The lowest BCUT2D eigenvalue weighted by Crippen LogP contribution is -2.20. The zero-order valence-electron chi connectivity index (χ0n) is 13.4. The van der Waals surface area contributed by atoms with E-state index >= 15 is 0 Å². The Kier molecular flexibility index (Phi) is 5.68. The van der Waals surface area contributed by atoms with E-state index in [1.807, 2.05) is 25.1 Å². The Hall–Kier alpha value is -2.89. The largest absolute Gasteiger partial charge is 0.493 e. The molecule has 0 saturated carbocycles. The molecule has 0 radical (unpaired) electrons. The summed E-state index contributed by atoms with van der Waals surface area (Å²) in [6, 6.07) is 8.78. The van der Waals surface area contributed by atoms with Crippen LogP contribution in [0, 0.1) is 0 Å². The van der Waals surface area contributed by atoms with E-state index in [4.69, 9.17) is 9.47 Å². The quantitative estimate of drug-likeness (QED) is 0.657. The maximum atomic E-state index is 12.0. The Balaban J connectivity index is 2.20. The van der Waals surface area contributed by atoms with Gasteiger partial charge in [0, 0.05) is 23.5 Å². The number of hydrogen-bond donors (Lipinski definition) is 1. The van der Waals surface area contributed by atoms with Gasteiger partial charge >= 0.3 is 0 Å². The average molecular weight is 313 g/mol. The second kappa shape index (κ2) is 7.93. The molecule has 1 aromatic carbocycles. The minimum absolute atomic E-state index is 0.279. The van der Waals surface area contributed by atoms with Gasteiger partial charge < -0.3 is 9.47 Å². The van der Waals surface area contributed by atoms with Crippen LogP contribution in [0.3, 0.4) is 0 Å². The molecule has 2 aromatic rings. The first-order valence-electron chi connectivity index (χ1n) is 7.19. The monoisotopic (exact) mass is 313 g/mol. The normalized spacial score (nSPS) is 11.0. The number of nitrogens with one attached hydrogen (secondary N) is 1. The number of carbonyl (C=O) groups excluding carboxylic acids is 1. The number of ether oxygens (including phenoxy) is 2. The maximum Gasteiger partial charge on any atom is 0.271 e. The van der Waals surface area contributed by atoms with Gasteiger partial charge in [0.05, 0.1) is 19.9 Å². The average Bonchev–Trinajstić information content (AvgIpc) is 2.62. The van der Waals surface area contributed by atoms with Crippen molar-refractivity contribution in [3.63, 3.8) is 0 Å². The molecule has 0 aliphatic rings. The molecule has 1 aromatic heterocycles. The van der Waals surface area contributed by atoms with Crippen LogP contribution in [0.4, 0.5) is 0 Å². The van der Waals surface area contributed by atoms with E-state index in [1.54, 1.807) is 38.7 Å². The molecule has 0 fully saturated rings. The van der Waals surface area contributed by atoms with E-state index in [0.29, 0.717) is 23.5 Å². The highest BCUT2D eigenvalue weighted by atomic mass is 16.5. The lowest BCUT2D eigenvalue weighted by molar-refractivity contribution is 0.0954. The molecular formula is C17H19N3O3. The van der Waals surface area contributed by atoms with Crippen LogP contribution >= 0.6 is 0 Å². The number of hydrazone groups is 1. The van der Waals surface area contributed by atoms with E-state index in [2.05, 4.69) is 15.5 Å². The molecule has 2 rings (SSSR count). The van der Waals surface area contributed by atoms with E-state index in [0.717, 1.165) is 11.3 Å². The van der Waals surface area contributed by atoms with Gasteiger partial charge in [0.25, 0.3) is 5.91 Å². The Bertz CT molecular complexity index is 699. The van der Waals surface area contributed by atoms with Crippen molar-refractivity contribution >= 4 is 11.6 Å². The summed E-state index contributed by atoms with van der Waals surface area (Å²) in [7, 11) is 3.16. The number of hydrogen-bond acceptors (Lipinski definition) is 5. The van der Waals surface area contributed by atoms with Gasteiger partial charge in [-0.3, -0.25) is 9.78 Å². The van der Waals surface area contributed by atoms with Crippen molar-refractivity contribution in [2.24, 2.45) is 5.10 Å². The topological polar surface area (TPSA) is 72.8 Å². The van der Waals surface area contributed by atoms with Crippen LogP contribution in [0.5, 0.6) is 11.5 Å². The number of nitrogens with zero attached hydrogens (tertiary/aromatic N) is 2. The fourth-order valence-electron chi connectivity index (χ4n) is 2.05. The van der Waals surface area contributed by atoms with Crippen molar-refractivity contribution in [1.82, 2.24) is 10.4 Å². The predicted molar refractivity (Wildman–Crippen MR) is 88.1 cm³/mol. The number of carbonyl (C=O) groups is 1. The van der Waals surface area contributed by atoms with Gasteiger partial charge in [-0.2, -0.15) is 5.10 Å². The molecule has 0 atom stereocenters. The van der Waals surface area contributed by atoms with Crippen LogP contribution < -0.4 is 14.9 Å². The first-order chi connectivity index (χ1) is 11.2. The molecule has 0 aliphatic carbocycles. The van der Waals surface area contributed by atoms with Gasteiger partial charge in [-0.1, -0.05) is 6.92 Å². The number of amides is 1. The first kappa shape index (κ1) is 16.5. The molecule has 23 heavy (non-hydrogen) atoms. The van der Waals surface area contributed by atoms with Crippen LogP contribution in [0.1, 0.15) is 29.3 Å². The summed E-state index contributed by atoms with van der Waals surface area (Å²) >= 11 is 0. The molecular weight excluding hydrogens is 294 g/mol. The third-order valence-corrected chi connectivity index (χ3v) is 3.29. The van der Waals surface area contributed by atoms with Crippen LogP contribution in [0.15, 0.2) is 47.8 Å². The lowest BCUT2D eigenvalue weighted by atomic mass is 10.1. The van der Waals surface area contributed by atoms with Crippen molar-refractivity contribution in [3.05, 3.63) is 53.9 Å². The molecule has 0 spiro atoms. The van der Waals surface area contributed by atoms with E-state index in [-0.39, 0.29) is 5.91 Å². The second-order valence-corrected chi connectivity index (χ2v) is 4.66. The maximum absolute atomic E-state index is 12.0. The summed E-state index contributed by atoms with van der Waals surface area (Å²) in [6.45, 7) is 1.97. The van der Waals surface area contributed by atoms with Crippen LogP contribution in [-0.4, -0.2) is 30.8 Å². The highest BCUT2D eigenvalue weighted by Gasteiger charge is 2.09. The molecule has 0 saturated heterocycles. The third-order valence-electron chi connectivity index (χ3n) is 3.29. The molecule has 6 heteroatoms. The highest BCUT2D eigenvalue weighted by molar-refractivity contribution is 6.02. The van der Waals surface area contributed by atoms with E-state index < -0.39 is 0 Å². The molecule has 1 amide bonds. The van der Waals surface area contributed by atoms with Gasteiger partial charge in [-0.25, -0.2) is 5.43 Å². The Morgan fingerprint density at radius 1 is 1.09 bits per heavy atom. The van der Waals surface area contributed by atoms with Crippen molar-refractivity contribution < 1.29 is 14.3 Å². The van der Waals surface area contributed by atoms with Crippen molar-refractivity contribution in [3.8, 4) is 11.5 Å². The summed E-state index contributed by atoms with van der Waals surface area (Å²) < 4.78 is 10.5. The third kappa shape index (κ3) is 4.06. The first-order valence-corrected chi connectivity index (χ1v) is 7.19. The van der Waals surface area contributed by atoms with Crippen LogP contribution in [0.25, 0.3) is 0 Å². The predicted octanol–water partition coefficient (Wildman–Crippen LogP) is 2.64. The molecule has 120 valence electrons. The van der Waals surface area contributed by atoms with Gasteiger partial charge in [0.1, 0.15) is 0 Å². The summed E-state index contributed by atoms with van der Waals surface area (Å²) in [5, 5.41) is 4.22. The van der Waals surface area contributed by atoms with E-state index in [9.17, 15) is 4.79 Å². The zero-order valence-corrected chi connectivity index (χ0v) is 13.4. The van der Waals surface area contributed by atoms with Gasteiger partial charge in [-0.15, -0.1) is 0 Å². The Labute approximate surface area is 135 Å². The minimum Gasteiger partial charge on any atom is -0.493 e. The highest BCUT2D eigenvalue weighted by Crippen LogP contribution is 2.28. The second-order valence-electron chi connectivity index (χ2n) is 4.66. The molecule has 0 bridgehead atoms. The molecule has 1 heterocycles. The summed E-state index contributed by atoms with van der Waals surface area (Å²) in [6.07, 6.45) is 3.79. The smallest absolute Gasteiger partial charge is 0.271 e. The molecule has 1 N–H and O–H groups in total. The van der Waals surface area contributed by atoms with Crippen LogP contribution in [0.2, 0.25) is 0 Å². The Morgan fingerprint density at radius 2 is 1.78 bits per heavy atom. The fraction of sp³-hybridized carbons (Fsp3) is 0.235. The number of rotatable bonds is 6. The summed E-state index contributed by atoms with van der Waals surface area (Å²) in [5.41, 5.74) is 4.67. The van der Waals surface area contributed by atoms with Crippen molar-refractivity contribution in [1.29, 1.82) is 0 Å². The molecule has 0 aliphatic heterocycles. The molecule has 0 unspecified atom stereocenters. The minimum atomic E-state index is -0.279. The van der Waals surface area contributed by atoms with Crippen LogP contribution in [-0.2, 0) is 0 Å². The SMILES string of the molecule is CCC(=NNC(=O)c1ccncc1)c1ccc(OC)c(OC)c1. The lowest BCUT2D eigenvalue weighted by Gasteiger charge is -2.10. The van der Waals surface area contributed by atoms with Gasteiger partial charge in [-0.05, 0) is 36.8 Å². The molecule has 6 nitrogen and oxygen atoms in total. The fourth-order valence-corrected chi connectivity index (χ4v) is 2.05. The number of benzene rings is 1.